The number of aliphatic carboxylic acids is 1. The van der Waals surface area contributed by atoms with Crippen molar-refractivity contribution < 1.29 is 19.2 Å². The zero-order valence-electron chi connectivity index (χ0n) is 10.4. The minimum absolute atomic E-state index is 0.0323. The third-order valence-corrected chi connectivity index (χ3v) is 2.75. The molecule has 0 unspecified atom stereocenters. The van der Waals surface area contributed by atoms with Gasteiger partial charge in [0.05, 0.1) is 12.1 Å². The minimum atomic E-state index is -1.24. The second-order valence-corrected chi connectivity index (χ2v) is 4.42. The molecule has 6 heteroatoms. The number of hydrogen-bond acceptors (Lipinski definition) is 4. The fraction of sp³-hybridized carbons (Fsp3) is 0.545. The SMILES string of the molecule is Cc1cc(CC(=O)N(C)C(C)(C)C(=O)O)no1. The predicted octanol–water partition coefficient (Wildman–Crippen LogP) is 0.847. The van der Waals surface area contributed by atoms with Crippen molar-refractivity contribution in [2.75, 3.05) is 7.05 Å². The maximum absolute atomic E-state index is 11.9. The second-order valence-electron chi connectivity index (χ2n) is 4.42. The zero-order chi connectivity index (χ0) is 13.2. The molecule has 6 nitrogen and oxygen atoms in total. The van der Waals surface area contributed by atoms with Crippen LogP contribution in [0.2, 0.25) is 0 Å². The Bertz CT molecular complexity index is 436. The molecule has 1 aromatic rings. The minimum Gasteiger partial charge on any atom is -0.480 e. The molecule has 1 rings (SSSR count). The smallest absolute Gasteiger partial charge is 0.329 e. The normalized spacial score (nSPS) is 11.3. The molecule has 0 aliphatic carbocycles. The van der Waals surface area contributed by atoms with Crippen molar-refractivity contribution in [2.45, 2.75) is 32.7 Å². The van der Waals surface area contributed by atoms with Crippen molar-refractivity contribution in [1.82, 2.24) is 10.1 Å². The van der Waals surface area contributed by atoms with Crippen molar-refractivity contribution in [1.29, 1.82) is 0 Å². The first-order valence-corrected chi connectivity index (χ1v) is 5.17. The largest absolute Gasteiger partial charge is 0.480 e. The first kappa shape index (κ1) is 13.2. The molecule has 0 spiro atoms. The topological polar surface area (TPSA) is 83.6 Å². The number of carboxylic acid groups (broad SMARTS) is 1. The summed E-state index contributed by atoms with van der Waals surface area (Å²) in [6.45, 7) is 4.68. The van der Waals surface area contributed by atoms with E-state index in [0.29, 0.717) is 11.5 Å². The van der Waals surface area contributed by atoms with Crippen LogP contribution >= 0.6 is 0 Å². The summed E-state index contributed by atoms with van der Waals surface area (Å²) in [6.07, 6.45) is 0.0323. The Labute approximate surface area is 99.2 Å². The highest BCUT2D eigenvalue weighted by atomic mass is 16.5. The molecule has 1 amide bonds. The summed E-state index contributed by atoms with van der Waals surface area (Å²) >= 11 is 0. The number of carbonyl (C=O) groups excluding carboxylic acids is 1. The molecule has 1 N–H and O–H groups in total. The Hall–Kier alpha value is -1.85. The van der Waals surface area contributed by atoms with Gasteiger partial charge in [0.2, 0.25) is 5.91 Å². The van der Waals surface area contributed by atoms with Crippen molar-refractivity contribution in [3.05, 3.63) is 17.5 Å². The number of hydrogen-bond donors (Lipinski definition) is 1. The molecule has 0 atom stereocenters. The first-order valence-electron chi connectivity index (χ1n) is 5.17. The van der Waals surface area contributed by atoms with Gasteiger partial charge in [-0.25, -0.2) is 4.79 Å². The zero-order valence-corrected chi connectivity index (χ0v) is 10.4. The summed E-state index contributed by atoms with van der Waals surface area (Å²) < 4.78 is 4.84. The molecule has 0 radical (unpaired) electrons. The lowest BCUT2D eigenvalue weighted by molar-refractivity contribution is -0.155. The van der Waals surface area contributed by atoms with Crippen molar-refractivity contribution >= 4 is 11.9 Å². The van der Waals surface area contributed by atoms with Gasteiger partial charge in [0.15, 0.2) is 0 Å². The summed E-state index contributed by atoms with van der Waals surface area (Å²) in [5.41, 5.74) is -0.740. The van der Waals surface area contributed by atoms with Crippen LogP contribution in [-0.4, -0.2) is 39.6 Å². The standard InChI is InChI=1S/C11H16N2O4/c1-7-5-8(12-17-7)6-9(14)13(4)11(2,3)10(15)16/h5H,6H2,1-4H3,(H,15,16). The summed E-state index contributed by atoms with van der Waals surface area (Å²) in [6, 6.07) is 1.65. The molecule has 0 bridgehead atoms. The fourth-order valence-electron chi connectivity index (χ4n) is 1.23. The van der Waals surface area contributed by atoms with E-state index in [0.717, 1.165) is 0 Å². The third kappa shape index (κ3) is 2.83. The Morgan fingerprint density at radius 3 is 2.53 bits per heavy atom. The van der Waals surface area contributed by atoms with E-state index in [-0.39, 0.29) is 12.3 Å². The molecule has 0 aromatic carbocycles. The van der Waals surface area contributed by atoms with Gasteiger partial charge in [-0.2, -0.15) is 0 Å². The van der Waals surface area contributed by atoms with Crippen LogP contribution in [0.1, 0.15) is 25.3 Å². The second kappa shape index (κ2) is 4.57. The van der Waals surface area contributed by atoms with Crippen LogP contribution in [0.3, 0.4) is 0 Å². The number of likely N-dealkylation sites (N-methyl/N-ethyl adjacent to an activating group) is 1. The van der Waals surface area contributed by atoms with Crippen LogP contribution in [-0.2, 0) is 16.0 Å². The molecular formula is C11H16N2O4. The number of carboxylic acids is 1. The number of aromatic nitrogens is 1. The van der Waals surface area contributed by atoms with E-state index < -0.39 is 11.5 Å². The van der Waals surface area contributed by atoms with Crippen LogP contribution in [0, 0.1) is 6.92 Å². The molecule has 0 aliphatic rings. The third-order valence-electron chi connectivity index (χ3n) is 2.75. The van der Waals surface area contributed by atoms with Gasteiger partial charge in [0.25, 0.3) is 0 Å². The van der Waals surface area contributed by atoms with Gasteiger partial charge in [0, 0.05) is 13.1 Å². The van der Waals surface area contributed by atoms with Gasteiger partial charge in [-0.3, -0.25) is 4.79 Å². The van der Waals surface area contributed by atoms with Crippen LogP contribution < -0.4 is 0 Å². The van der Waals surface area contributed by atoms with E-state index in [1.54, 1.807) is 13.0 Å². The van der Waals surface area contributed by atoms with E-state index in [4.69, 9.17) is 9.63 Å². The van der Waals surface area contributed by atoms with Crippen LogP contribution in [0.5, 0.6) is 0 Å². The van der Waals surface area contributed by atoms with E-state index >= 15 is 0 Å². The van der Waals surface area contributed by atoms with Gasteiger partial charge in [-0.1, -0.05) is 5.16 Å². The first-order chi connectivity index (χ1) is 7.75. The number of nitrogens with zero attached hydrogens (tertiary/aromatic N) is 2. The molecule has 17 heavy (non-hydrogen) atoms. The lowest BCUT2D eigenvalue weighted by Crippen LogP contribution is -2.51. The Morgan fingerprint density at radius 1 is 1.53 bits per heavy atom. The predicted molar refractivity (Wildman–Crippen MR) is 59.4 cm³/mol. The molecule has 0 saturated heterocycles. The van der Waals surface area contributed by atoms with Crippen LogP contribution in [0.4, 0.5) is 0 Å². The van der Waals surface area contributed by atoms with E-state index in [9.17, 15) is 9.59 Å². The van der Waals surface area contributed by atoms with Gasteiger partial charge in [0.1, 0.15) is 11.3 Å². The summed E-state index contributed by atoms with van der Waals surface area (Å²) in [7, 11) is 1.46. The van der Waals surface area contributed by atoms with Crippen LogP contribution in [0.25, 0.3) is 0 Å². The maximum Gasteiger partial charge on any atom is 0.329 e. The quantitative estimate of drug-likeness (QED) is 0.843. The molecular weight excluding hydrogens is 224 g/mol. The Kier molecular flexibility index (Phi) is 3.55. The fourth-order valence-corrected chi connectivity index (χ4v) is 1.23. The Morgan fingerprint density at radius 2 is 2.12 bits per heavy atom. The molecule has 1 aromatic heterocycles. The molecule has 0 fully saturated rings. The summed E-state index contributed by atoms with van der Waals surface area (Å²) in [5, 5.41) is 12.7. The van der Waals surface area contributed by atoms with E-state index in [2.05, 4.69) is 5.16 Å². The van der Waals surface area contributed by atoms with E-state index in [1.165, 1.54) is 25.8 Å². The van der Waals surface area contributed by atoms with E-state index in [1.807, 2.05) is 0 Å². The monoisotopic (exact) mass is 240 g/mol. The average molecular weight is 240 g/mol. The van der Waals surface area contributed by atoms with Gasteiger partial charge in [-0.15, -0.1) is 0 Å². The van der Waals surface area contributed by atoms with Gasteiger partial charge >= 0.3 is 5.97 Å². The number of rotatable bonds is 4. The number of amides is 1. The highest BCUT2D eigenvalue weighted by molar-refractivity contribution is 5.87. The molecule has 1 heterocycles. The highest BCUT2D eigenvalue weighted by Gasteiger charge is 2.35. The number of aryl methyl sites for hydroxylation is 1. The van der Waals surface area contributed by atoms with Gasteiger partial charge in [-0.05, 0) is 20.8 Å². The van der Waals surface area contributed by atoms with Crippen molar-refractivity contribution in [3.63, 3.8) is 0 Å². The van der Waals surface area contributed by atoms with Crippen molar-refractivity contribution in [2.24, 2.45) is 0 Å². The highest BCUT2D eigenvalue weighted by Crippen LogP contribution is 2.14. The van der Waals surface area contributed by atoms with Crippen molar-refractivity contribution in [3.8, 4) is 0 Å². The molecule has 94 valence electrons. The van der Waals surface area contributed by atoms with Crippen LogP contribution in [0.15, 0.2) is 10.6 Å². The maximum atomic E-state index is 11.9. The summed E-state index contributed by atoms with van der Waals surface area (Å²) in [5.74, 6) is -0.747. The molecule has 0 saturated carbocycles. The lowest BCUT2D eigenvalue weighted by atomic mass is 10.0. The average Bonchev–Trinajstić information content (AvgIpc) is 2.62. The Balaban J connectivity index is 2.74. The van der Waals surface area contributed by atoms with Gasteiger partial charge < -0.3 is 14.5 Å². The lowest BCUT2D eigenvalue weighted by Gasteiger charge is -2.31. The molecule has 0 aliphatic heterocycles. The number of carbonyl (C=O) groups is 2. The summed E-state index contributed by atoms with van der Waals surface area (Å²) in [4.78, 5) is 24.0.